The Balaban J connectivity index is 1.61. The zero-order chi connectivity index (χ0) is 26.5. The van der Waals surface area contributed by atoms with E-state index in [2.05, 4.69) is 4.98 Å². The van der Waals surface area contributed by atoms with Crippen LogP contribution in [0.1, 0.15) is 38.7 Å². The van der Waals surface area contributed by atoms with Gasteiger partial charge in [0.2, 0.25) is 0 Å². The Morgan fingerprint density at radius 2 is 1.76 bits per heavy atom. The number of carbonyl (C=O) groups excluding carboxylic acids is 2. The summed E-state index contributed by atoms with van der Waals surface area (Å²) in [5.41, 5.74) is -0.0879. The molecule has 37 heavy (non-hydrogen) atoms. The number of fused-ring (bicyclic) bond motifs is 1. The molecule has 2 atom stereocenters. The number of esters is 1. The molecule has 4 rings (SSSR count). The van der Waals surface area contributed by atoms with E-state index in [0.717, 1.165) is 29.4 Å². The lowest BCUT2D eigenvalue weighted by atomic mass is 9.97. The fourth-order valence-corrected chi connectivity index (χ4v) is 4.95. The Morgan fingerprint density at radius 3 is 2.43 bits per heavy atom. The average molecular weight is 512 g/mol. The number of nitrogens with zero attached hydrogens (tertiary/aromatic N) is 5. The van der Waals surface area contributed by atoms with Crippen LogP contribution in [0.4, 0.5) is 0 Å². The number of ether oxygens (including phenoxy) is 2. The summed E-state index contributed by atoms with van der Waals surface area (Å²) in [7, 11) is 1.55. The number of hydrogen-bond acceptors (Lipinski definition) is 7. The van der Waals surface area contributed by atoms with Crippen molar-refractivity contribution in [2.45, 2.75) is 64.8 Å². The van der Waals surface area contributed by atoms with E-state index in [9.17, 15) is 19.2 Å². The Labute approximate surface area is 214 Å². The van der Waals surface area contributed by atoms with Crippen molar-refractivity contribution in [1.29, 1.82) is 0 Å². The number of rotatable bonds is 9. The van der Waals surface area contributed by atoms with Gasteiger partial charge in [0.1, 0.15) is 6.54 Å². The SMILES string of the molecule is COCCn1cnc2c1c(=O)n(CC(=O)OCC(=O)N1[C@H](C)CCC[C@H]1C)c(=O)n2Cc1ccccc1. The lowest BCUT2D eigenvalue weighted by molar-refractivity contribution is -0.155. The molecule has 3 aromatic rings. The maximum absolute atomic E-state index is 13.4. The van der Waals surface area contributed by atoms with Gasteiger partial charge in [-0.25, -0.2) is 14.3 Å². The monoisotopic (exact) mass is 511 g/mol. The van der Waals surface area contributed by atoms with E-state index in [1.54, 1.807) is 16.6 Å². The van der Waals surface area contributed by atoms with E-state index in [-0.39, 0.29) is 35.7 Å². The molecule has 1 aromatic carbocycles. The highest BCUT2D eigenvalue weighted by Gasteiger charge is 2.29. The number of carbonyl (C=O) groups is 2. The molecule has 3 heterocycles. The minimum absolute atomic E-state index is 0.0672. The van der Waals surface area contributed by atoms with Crippen molar-refractivity contribution in [2.75, 3.05) is 20.3 Å². The fourth-order valence-electron chi connectivity index (χ4n) is 4.95. The van der Waals surface area contributed by atoms with Crippen LogP contribution in [0.2, 0.25) is 0 Å². The Kier molecular flexibility index (Phi) is 8.22. The van der Waals surface area contributed by atoms with Crippen LogP contribution in [0.3, 0.4) is 0 Å². The van der Waals surface area contributed by atoms with Crippen molar-refractivity contribution in [1.82, 2.24) is 23.6 Å². The minimum Gasteiger partial charge on any atom is -0.454 e. The molecule has 1 saturated heterocycles. The summed E-state index contributed by atoms with van der Waals surface area (Å²) >= 11 is 0. The number of hydrogen-bond donors (Lipinski definition) is 0. The van der Waals surface area contributed by atoms with Crippen molar-refractivity contribution in [3.05, 3.63) is 63.1 Å². The van der Waals surface area contributed by atoms with Crippen LogP contribution in [0.15, 0.2) is 46.2 Å². The summed E-state index contributed by atoms with van der Waals surface area (Å²) in [5.74, 6) is -1.12. The molecule has 0 N–H and O–H groups in total. The number of likely N-dealkylation sites (tertiary alicyclic amines) is 1. The highest BCUT2D eigenvalue weighted by Crippen LogP contribution is 2.22. The van der Waals surface area contributed by atoms with E-state index in [1.165, 1.54) is 10.9 Å². The van der Waals surface area contributed by atoms with Gasteiger partial charge in [0.25, 0.3) is 11.5 Å². The van der Waals surface area contributed by atoms with Gasteiger partial charge >= 0.3 is 11.7 Å². The Bertz CT molecular complexity index is 1370. The number of aromatic nitrogens is 4. The van der Waals surface area contributed by atoms with Gasteiger partial charge in [-0.1, -0.05) is 30.3 Å². The second kappa shape index (κ2) is 11.5. The molecular formula is C26H33N5O6. The molecule has 198 valence electrons. The molecule has 0 saturated carbocycles. The normalized spacial score (nSPS) is 17.8. The molecule has 0 spiro atoms. The van der Waals surface area contributed by atoms with Crippen molar-refractivity contribution in [3.63, 3.8) is 0 Å². The number of piperidine rings is 1. The first-order valence-corrected chi connectivity index (χ1v) is 12.5. The first-order chi connectivity index (χ1) is 17.8. The molecule has 11 heteroatoms. The van der Waals surface area contributed by atoms with Crippen LogP contribution in [-0.2, 0) is 38.7 Å². The van der Waals surface area contributed by atoms with Crippen LogP contribution in [0.25, 0.3) is 11.2 Å². The predicted molar refractivity (Wildman–Crippen MR) is 136 cm³/mol. The molecule has 0 unspecified atom stereocenters. The van der Waals surface area contributed by atoms with Crippen LogP contribution in [-0.4, -0.2) is 67.9 Å². The zero-order valence-corrected chi connectivity index (χ0v) is 21.5. The third kappa shape index (κ3) is 5.66. The molecule has 1 fully saturated rings. The van der Waals surface area contributed by atoms with Crippen LogP contribution < -0.4 is 11.2 Å². The second-order valence-electron chi connectivity index (χ2n) is 9.44. The highest BCUT2D eigenvalue weighted by molar-refractivity contribution is 5.81. The van der Waals surface area contributed by atoms with Gasteiger partial charge in [-0.05, 0) is 38.7 Å². The topological polar surface area (TPSA) is 118 Å². The lowest BCUT2D eigenvalue weighted by Gasteiger charge is -2.38. The second-order valence-corrected chi connectivity index (χ2v) is 9.44. The number of amides is 1. The van der Waals surface area contributed by atoms with Crippen LogP contribution in [0, 0.1) is 0 Å². The van der Waals surface area contributed by atoms with Gasteiger partial charge < -0.3 is 18.9 Å². The largest absolute Gasteiger partial charge is 0.454 e. The maximum atomic E-state index is 13.4. The van der Waals surface area contributed by atoms with Gasteiger partial charge in [0.05, 0.1) is 19.5 Å². The van der Waals surface area contributed by atoms with Gasteiger partial charge in [-0.3, -0.25) is 19.0 Å². The van der Waals surface area contributed by atoms with Crippen LogP contribution >= 0.6 is 0 Å². The average Bonchev–Trinajstić information content (AvgIpc) is 3.31. The summed E-state index contributed by atoms with van der Waals surface area (Å²) in [6.45, 7) is 3.75. The molecule has 0 radical (unpaired) electrons. The highest BCUT2D eigenvalue weighted by atomic mass is 16.5. The fraction of sp³-hybridized carbons (Fsp3) is 0.500. The van der Waals surface area contributed by atoms with Gasteiger partial charge in [-0.15, -0.1) is 0 Å². The first-order valence-electron chi connectivity index (χ1n) is 12.5. The quantitative estimate of drug-likeness (QED) is 0.399. The number of methoxy groups -OCH3 is 1. The minimum atomic E-state index is -0.835. The molecule has 1 aliphatic heterocycles. The molecule has 2 aromatic heterocycles. The first kappa shape index (κ1) is 26.3. The lowest BCUT2D eigenvalue weighted by Crippen LogP contribution is -2.49. The van der Waals surface area contributed by atoms with Crippen molar-refractivity contribution in [2.24, 2.45) is 0 Å². The van der Waals surface area contributed by atoms with E-state index < -0.39 is 30.4 Å². The summed E-state index contributed by atoms with van der Waals surface area (Å²) in [6.07, 6.45) is 4.33. The van der Waals surface area contributed by atoms with E-state index in [0.29, 0.717) is 13.2 Å². The van der Waals surface area contributed by atoms with Crippen molar-refractivity contribution in [3.8, 4) is 0 Å². The van der Waals surface area contributed by atoms with Gasteiger partial charge in [0, 0.05) is 25.7 Å². The summed E-state index contributed by atoms with van der Waals surface area (Å²) in [6, 6.07) is 9.42. The standard InChI is InChI=1S/C26H33N5O6/c1-18-8-7-9-19(2)31(18)21(32)16-37-22(33)15-30-25(34)23-24(27-17-28(23)12-13-36-3)29(26(30)35)14-20-10-5-4-6-11-20/h4-6,10-11,17-19H,7-9,12-16H2,1-3H3/t18-,19-/m1/s1. The van der Waals surface area contributed by atoms with Crippen molar-refractivity contribution < 1.29 is 19.1 Å². The molecular weight excluding hydrogens is 478 g/mol. The van der Waals surface area contributed by atoms with E-state index >= 15 is 0 Å². The summed E-state index contributed by atoms with van der Waals surface area (Å²) in [4.78, 5) is 58.3. The number of imidazole rings is 1. The van der Waals surface area contributed by atoms with Gasteiger partial charge in [-0.2, -0.15) is 0 Å². The third-order valence-electron chi connectivity index (χ3n) is 6.83. The third-order valence-corrected chi connectivity index (χ3v) is 6.83. The molecule has 1 amide bonds. The molecule has 11 nitrogen and oxygen atoms in total. The zero-order valence-electron chi connectivity index (χ0n) is 21.5. The van der Waals surface area contributed by atoms with Gasteiger partial charge in [0.15, 0.2) is 17.8 Å². The summed E-state index contributed by atoms with van der Waals surface area (Å²) < 4.78 is 14.2. The van der Waals surface area contributed by atoms with E-state index in [4.69, 9.17) is 9.47 Å². The smallest absolute Gasteiger partial charge is 0.333 e. The Hall–Kier alpha value is -3.73. The van der Waals surface area contributed by atoms with Crippen LogP contribution in [0.5, 0.6) is 0 Å². The summed E-state index contributed by atoms with van der Waals surface area (Å²) in [5, 5.41) is 0. The molecule has 0 aliphatic carbocycles. The molecule has 0 bridgehead atoms. The van der Waals surface area contributed by atoms with E-state index in [1.807, 2.05) is 44.2 Å². The maximum Gasteiger partial charge on any atom is 0.333 e. The Morgan fingerprint density at radius 1 is 1.05 bits per heavy atom. The molecule has 1 aliphatic rings. The number of benzene rings is 1. The predicted octanol–water partition coefficient (Wildman–Crippen LogP) is 1.39. The van der Waals surface area contributed by atoms with Crippen molar-refractivity contribution >= 4 is 23.0 Å².